The molecule has 0 aliphatic rings. The van der Waals surface area contributed by atoms with Crippen LogP contribution in [0.2, 0.25) is 5.02 Å². The van der Waals surface area contributed by atoms with Crippen molar-refractivity contribution < 1.29 is 9.32 Å². The number of pyridine rings is 1. The van der Waals surface area contributed by atoms with Gasteiger partial charge in [-0.05, 0) is 31.2 Å². The van der Waals surface area contributed by atoms with Crippen molar-refractivity contribution >= 4 is 44.2 Å². The minimum atomic E-state index is -0.303. The molecule has 0 saturated heterocycles. The highest BCUT2D eigenvalue weighted by Gasteiger charge is 2.25. The number of carbonyl (C=O) groups excluding carboxylic acids is 1. The first-order valence-corrected chi connectivity index (χ1v) is 9.01. The Labute approximate surface area is 158 Å². The molecular formula is C18H13ClN4O2S. The number of aryl methyl sites for hydroxylation is 1. The van der Waals surface area contributed by atoms with Gasteiger partial charge in [0.2, 0.25) is 0 Å². The number of anilines is 1. The summed E-state index contributed by atoms with van der Waals surface area (Å²) in [5.41, 5.74) is 1.64. The van der Waals surface area contributed by atoms with E-state index in [9.17, 15) is 4.79 Å². The molecule has 4 aromatic rings. The number of rotatable bonds is 4. The Bertz CT molecular complexity index is 1080. The third kappa shape index (κ3) is 3.18. The Morgan fingerprint density at radius 2 is 2.15 bits per heavy atom. The zero-order chi connectivity index (χ0) is 18.1. The summed E-state index contributed by atoms with van der Waals surface area (Å²) in [5.74, 6) is 0.265. The lowest BCUT2D eigenvalue weighted by molar-refractivity contribution is 0.0976. The van der Waals surface area contributed by atoms with Crippen LogP contribution in [0.4, 0.5) is 5.13 Å². The molecule has 26 heavy (non-hydrogen) atoms. The number of aromatic nitrogens is 3. The van der Waals surface area contributed by atoms with Gasteiger partial charge in [0, 0.05) is 12.3 Å². The average Bonchev–Trinajstić information content (AvgIpc) is 3.27. The number of hydrogen-bond donors (Lipinski definition) is 0. The van der Waals surface area contributed by atoms with Crippen molar-refractivity contribution in [2.75, 3.05) is 4.90 Å². The van der Waals surface area contributed by atoms with Gasteiger partial charge < -0.3 is 4.52 Å². The predicted octanol–water partition coefficient (Wildman–Crippen LogP) is 4.49. The van der Waals surface area contributed by atoms with Crippen LogP contribution in [0.1, 0.15) is 21.9 Å². The second-order valence-corrected chi connectivity index (χ2v) is 7.03. The van der Waals surface area contributed by atoms with Crippen LogP contribution < -0.4 is 4.90 Å². The lowest BCUT2D eigenvalue weighted by Gasteiger charge is -2.18. The maximum absolute atomic E-state index is 13.0. The van der Waals surface area contributed by atoms with Gasteiger partial charge in [-0.15, -0.1) is 0 Å². The fraction of sp³-hybridized carbons (Fsp3) is 0.111. The molecule has 0 atom stereocenters. The molecule has 0 N–H and O–H groups in total. The molecule has 0 radical (unpaired) electrons. The Morgan fingerprint density at radius 3 is 2.85 bits per heavy atom. The van der Waals surface area contributed by atoms with Crippen molar-refractivity contribution in [2.45, 2.75) is 13.5 Å². The molecule has 6 nitrogen and oxygen atoms in total. The van der Waals surface area contributed by atoms with Crippen molar-refractivity contribution in [2.24, 2.45) is 0 Å². The van der Waals surface area contributed by atoms with Gasteiger partial charge in [-0.3, -0.25) is 14.7 Å². The summed E-state index contributed by atoms with van der Waals surface area (Å²) in [7, 11) is 0. The Balaban J connectivity index is 1.78. The van der Waals surface area contributed by atoms with Crippen LogP contribution in [-0.4, -0.2) is 21.0 Å². The van der Waals surface area contributed by atoms with Gasteiger partial charge in [0.25, 0.3) is 5.91 Å². The van der Waals surface area contributed by atoms with Crippen molar-refractivity contribution in [1.29, 1.82) is 0 Å². The first kappa shape index (κ1) is 16.7. The summed E-state index contributed by atoms with van der Waals surface area (Å²) < 4.78 is 5.95. The van der Waals surface area contributed by atoms with E-state index in [1.807, 2.05) is 30.3 Å². The van der Waals surface area contributed by atoms with Crippen LogP contribution in [0.25, 0.3) is 10.2 Å². The second kappa shape index (κ2) is 6.86. The van der Waals surface area contributed by atoms with Gasteiger partial charge in [-0.25, -0.2) is 4.98 Å². The molecule has 130 valence electrons. The van der Waals surface area contributed by atoms with E-state index in [-0.39, 0.29) is 18.1 Å². The number of nitrogens with zero attached hydrogens (tertiary/aromatic N) is 4. The molecule has 0 unspecified atom stereocenters. The molecular weight excluding hydrogens is 372 g/mol. The predicted molar refractivity (Wildman–Crippen MR) is 101 cm³/mol. The Morgan fingerprint density at radius 1 is 1.27 bits per heavy atom. The molecule has 0 bridgehead atoms. The van der Waals surface area contributed by atoms with Crippen LogP contribution in [0, 0.1) is 6.92 Å². The molecule has 3 aromatic heterocycles. The second-order valence-electron chi connectivity index (χ2n) is 5.62. The number of para-hydroxylation sites is 1. The van der Waals surface area contributed by atoms with Gasteiger partial charge in [-0.2, -0.15) is 0 Å². The number of thiazole rings is 1. The molecule has 1 amide bonds. The number of benzene rings is 1. The number of halogens is 1. The van der Waals surface area contributed by atoms with E-state index in [4.69, 9.17) is 16.1 Å². The molecule has 4 rings (SSSR count). The lowest BCUT2D eigenvalue weighted by Crippen LogP contribution is -2.31. The summed E-state index contributed by atoms with van der Waals surface area (Å²) in [4.78, 5) is 23.5. The van der Waals surface area contributed by atoms with Gasteiger partial charge >= 0.3 is 0 Å². The Hall–Kier alpha value is -2.77. The van der Waals surface area contributed by atoms with E-state index in [0.29, 0.717) is 21.4 Å². The van der Waals surface area contributed by atoms with Crippen LogP contribution >= 0.6 is 22.9 Å². The normalized spacial score (nSPS) is 11.0. The smallest absolute Gasteiger partial charge is 0.282 e. The quantitative estimate of drug-likeness (QED) is 0.518. The number of amides is 1. The molecule has 0 spiro atoms. The minimum absolute atomic E-state index is 0.226. The maximum atomic E-state index is 13.0. The van der Waals surface area contributed by atoms with E-state index in [1.165, 1.54) is 11.3 Å². The van der Waals surface area contributed by atoms with E-state index in [1.54, 1.807) is 30.2 Å². The highest BCUT2D eigenvalue weighted by Crippen LogP contribution is 2.34. The van der Waals surface area contributed by atoms with E-state index in [2.05, 4.69) is 15.1 Å². The van der Waals surface area contributed by atoms with Crippen molar-refractivity contribution in [3.8, 4) is 0 Å². The van der Waals surface area contributed by atoms with Crippen LogP contribution in [-0.2, 0) is 6.54 Å². The highest BCUT2D eigenvalue weighted by atomic mass is 35.5. The number of hydrogen-bond acceptors (Lipinski definition) is 6. The molecule has 0 aliphatic carbocycles. The maximum Gasteiger partial charge on any atom is 0.282 e. The monoisotopic (exact) mass is 384 g/mol. The SMILES string of the molecule is Cc1cc(C(=O)N(Cc2ccccn2)c2nc3c(Cl)cccc3s2)no1. The number of carbonyl (C=O) groups is 1. The fourth-order valence-electron chi connectivity index (χ4n) is 2.50. The summed E-state index contributed by atoms with van der Waals surface area (Å²) in [6, 6.07) is 12.7. The van der Waals surface area contributed by atoms with Gasteiger partial charge in [-0.1, -0.05) is 40.2 Å². The third-order valence-electron chi connectivity index (χ3n) is 3.73. The van der Waals surface area contributed by atoms with Crippen LogP contribution in [0.15, 0.2) is 53.2 Å². The van der Waals surface area contributed by atoms with Crippen LogP contribution in [0.3, 0.4) is 0 Å². The first-order valence-electron chi connectivity index (χ1n) is 7.82. The van der Waals surface area contributed by atoms with Crippen LogP contribution in [0.5, 0.6) is 0 Å². The summed E-state index contributed by atoms with van der Waals surface area (Å²) in [6.45, 7) is 2.01. The molecule has 8 heteroatoms. The van der Waals surface area contributed by atoms with E-state index in [0.717, 1.165) is 10.4 Å². The molecule has 0 fully saturated rings. The average molecular weight is 385 g/mol. The van der Waals surface area contributed by atoms with E-state index >= 15 is 0 Å². The topological polar surface area (TPSA) is 72.1 Å². The lowest BCUT2D eigenvalue weighted by atomic mass is 10.3. The molecule has 1 aromatic carbocycles. The summed E-state index contributed by atoms with van der Waals surface area (Å²) in [5, 5.41) is 4.92. The van der Waals surface area contributed by atoms with Gasteiger partial charge in [0.15, 0.2) is 10.8 Å². The molecule has 0 aliphatic heterocycles. The van der Waals surface area contributed by atoms with Gasteiger partial charge in [0.1, 0.15) is 11.3 Å². The van der Waals surface area contributed by atoms with E-state index < -0.39 is 0 Å². The third-order valence-corrected chi connectivity index (χ3v) is 5.08. The largest absolute Gasteiger partial charge is 0.361 e. The fourth-order valence-corrected chi connectivity index (χ4v) is 3.77. The first-order chi connectivity index (χ1) is 12.6. The van der Waals surface area contributed by atoms with Gasteiger partial charge in [0.05, 0.1) is 22.0 Å². The Kier molecular flexibility index (Phi) is 4.40. The van der Waals surface area contributed by atoms with Crippen molar-refractivity contribution in [3.63, 3.8) is 0 Å². The summed E-state index contributed by atoms with van der Waals surface area (Å²) in [6.07, 6.45) is 1.69. The summed E-state index contributed by atoms with van der Waals surface area (Å²) >= 11 is 7.63. The zero-order valence-electron chi connectivity index (χ0n) is 13.7. The molecule has 3 heterocycles. The molecule has 0 saturated carbocycles. The minimum Gasteiger partial charge on any atom is -0.361 e. The van der Waals surface area contributed by atoms with Crippen molar-refractivity contribution in [1.82, 2.24) is 15.1 Å². The number of fused-ring (bicyclic) bond motifs is 1. The van der Waals surface area contributed by atoms with Crippen molar-refractivity contribution in [3.05, 3.63) is 70.8 Å². The standard InChI is InChI=1S/C18H13ClN4O2S/c1-11-9-14(22-25-11)17(24)23(10-12-5-2-3-8-20-12)18-21-16-13(19)6-4-7-15(16)26-18/h2-9H,10H2,1H3. The highest BCUT2D eigenvalue weighted by molar-refractivity contribution is 7.22. The zero-order valence-corrected chi connectivity index (χ0v) is 15.3.